The summed E-state index contributed by atoms with van der Waals surface area (Å²) in [7, 11) is 0. The molecule has 94 valence electrons. The summed E-state index contributed by atoms with van der Waals surface area (Å²) in [4.78, 5) is 23.2. The zero-order valence-electron chi connectivity index (χ0n) is 8.91. The van der Waals surface area contributed by atoms with Crippen molar-refractivity contribution < 1.29 is 19.8 Å². The van der Waals surface area contributed by atoms with Gasteiger partial charge in [0.15, 0.2) is 4.47 Å². The van der Waals surface area contributed by atoms with Crippen LogP contribution in [0.4, 0.5) is 0 Å². The van der Waals surface area contributed by atoms with E-state index in [1.54, 1.807) is 0 Å². The van der Waals surface area contributed by atoms with Crippen LogP contribution in [0.5, 0.6) is 0 Å². The maximum absolute atomic E-state index is 9.55. The van der Waals surface area contributed by atoms with Crippen molar-refractivity contribution in [3.63, 3.8) is 0 Å². The topological polar surface area (TPSA) is 87.5 Å². The molecule has 2 rings (SSSR count). The van der Waals surface area contributed by atoms with Gasteiger partial charge in [0.05, 0.1) is 10.2 Å². The number of hydrogen-bond donors (Lipinski definition) is 2. The first-order valence-corrected chi connectivity index (χ1v) is 5.83. The van der Waals surface area contributed by atoms with Crippen LogP contribution in [0.1, 0.15) is 0 Å². The van der Waals surface area contributed by atoms with Crippen molar-refractivity contribution in [1.29, 1.82) is 0 Å². The normalized spacial score (nSPS) is 10.1. The van der Waals surface area contributed by atoms with E-state index < -0.39 is 11.9 Å². The van der Waals surface area contributed by atoms with Crippen molar-refractivity contribution in [2.24, 2.45) is 0 Å². The minimum absolute atomic E-state index is 0.558. The number of carboxylic acid groups (broad SMARTS) is 2. The summed E-state index contributed by atoms with van der Waals surface area (Å²) in [6.07, 6.45) is 1.12. The Balaban J connectivity index is 0.000000187. The molecule has 1 aromatic heterocycles. The summed E-state index contributed by atoms with van der Waals surface area (Å²) in [5, 5.41) is 15.6. The van der Waals surface area contributed by atoms with E-state index in [1.807, 2.05) is 24.3 Å². The van der Waals surface area contributed by atoms with Gasteiger partial charge >= 0.3 is 11.9 Å². The molecule has 0 aliphatic carbocycles. The lowest BCUT2D eigenvalue weighted by molar-refractivity contribution is -0.134. The van der Waals surface area contributed by atoms with E-state index in [9.17, 15) is 9.59 Å². The van der Waals surface area contributed by atoms with Gasteiger partial charge in [-0.2, -0.15) is 0 Å². The summed E-state index contributed by atoms with van der Waals surface area (Å²) in [6.45, 7) is 0. The van der Waals surface area contributed by atoms with Crippen LogP contribution in [-0.2, 0) is 9.59 Å². The zero-order valence-corrected chi connectivity index (χ0v) is 10.5. The molecule has 5 nitrogen and oxygen atoms in total. The molecule has 1 aromatic carbocycles. The Bertz CT molecular complexity index is 544. The number of aliphatic carboxylic acids is 2. The lowest BCUT2D eigenvalue weighted by Crippen LogP contribution is -1.91. The number of aromatic nitrogens is 1. The molecule has 0 radical (unpaired) electrons. The second-order valence-corrected chi connectivity index (χ2v) is 4.56. The first kappa shape index (κ1) is 14.1. The van der Waals surface area contributed by atoms with Gasteiger partial charge in [-0.3, -0.25) is 0 Å². The quantitative estimate of drug-likeness (QED) is 0.828. The molecule has 0 amide bonds. The molecule has 2 N–H and O–H groups in total. The van der Waals surface area contributed by atoms with Gasteiger partial charge in [-0.15, -0.1) is 11.3 Å². The van der Waals surface area contributed by atoms with Gasteiger partial charge in [-0.1, -0.05) is 23.7 Å². The summed E-state index contributed by atoms with van der Waals surface area (Å²) >= 11 is 7.20. The summed E-state index contributed by atoms with van der Waals surface area (Å²) in [6, 6.07) is 7.91. The Morgan fingerprint density at radius 2 is 1.72 bits per heavy atom. The van der Waals surface area contributed by atoms with E-state index in [2.05, 4.69) is 4.98 Å². The van der Waals surface area contributed by atoms with Crippen LogP contribution in [0.15, 0.2) is 36.4 Å². The number of rotatable bonds is 2. The van der Waals surface area contributed by atoms with Crippen molar-refractivity contribution in [2.45, 2.75) is 0 Å². The molecular formula is C11H8ClNO4S. The van der Waals surface area contributed by atoms with E-state index in [1.165, 1.54) is 11.3 Å². The number of carboxylic acids is 2. The molecule has 18 heavy (non-hydrogen) atoms. The summed E-state index contributed by atoms with van der Waals surface area (Å²) < 4.78 is 1.76. The Kier molecular flexibility index (Phi) is 5.29. The molecule has 0 atom stereocenters. The highest BCUT2D eigenvalue weighted by molar-refractivity contribution is 7.22. The fourth-order valence-electron chi connectivity index (χ4n) is 0.987. The predicted octanol–water partition coefficient (Wildman–Crippen LogP) is 2.66. The Hall–Kier alpha value is -1.92. The molecule has 0 fully saturated rings. The Labute approximate surface area is 111 Å². The minimum Gasteiger partial charge on any atom is -0.478 e. The number of halogens is 1. The van der Waals surface area contributed by atoms with Crippen LogP contribution < -0.4 is 0 Å². The third-order valence-corrected chi connectivity index (χ3v) is 2.78. The van der Waals surface area contributed by atoms with E-state index in [4.69, 9.17) is 21.8 Å². The van der Waals surface area contributed by atoms with Crippen LogP contribution >= 0.6 is 22.9 Å². The Morgan fingerprint density at radius 1 is 1.17 bits per heavy atom. The highest BCUT2D eigenvalue weighted by atomic mass is 35.5. The third-order valence-electron chi connectivity index (χ3n) is 1.64. The molecule has 7 heteroatoms. The average molecular weight is 286 g/mol. The van der Waals surface area contributed by atoms with E-state index in [0.29, 0.717) is 16.6 Å². The highest BCUT2D eigenvalue weighted by Crippen LogP contribution is 2.24. The second kappa shape index (κ2) is 6.73. The fourth-order valence-corrected chi connectivity index (χ4v) is 2.02. The number of nitrogens with zero attached hydrogens (tertiary/aromatic N) is 1. The van der Waals surface area contributed by atoms with E-state index >= 15 is 0 Å². The van der Waals surface area contributed by atoms with Crippen LogP contribution in [0.25, 0.3) is 10.2 Å². The van der Waals surface area contributed by atoms with E-state index in [0.717, 1.165) is 10.2 Å². The fraction of sp³-hybridized carbons (Fsp3) is 0. The van der Waals surface area contributed by atoms with Crippen LogP contribution in [0, 0.1) is 0 Å². The molecule has 2 aromatic rings. The van der Waals surface area contributed by atoms with Crippen molar-refractivity contribution >= 4 is 45.1 Å². The molecule has 0 spiro atoms. The number of carbonyl (C=O) groups is 2. The monoisotopic (exact) mass is 285 g/mol. The molecule has 0 aliphatic heterocycles. The zero-order chi connectivity index (χ0) is 13.5. The summed E-state index contributed by atoms with van der Waals surface area (Å²) in [5.74, 6) is -2.51. The minimum atomic E-state index is -1.26. The molecule has 0 bridgehead atoms. The molecule has 1 heterocycles. The van der Waals surface area contributed by atoms with Gasteiger partial charge in [0.2, 0.25) is 0 Å². The molecular weight excluding hydrogens is 278 g/mol. The molecule has 0 unspecified atom stereocenters. The van der Waals surface area contributed by atoms with Gasteiger partial charge in [0, 0.05) is 12.2 Å². The molecule has 0 saturated carbocycles. The van der Waals surface area contributed by atoms with Gasteiger partial charge in [0.1, 0.15) is 0 Å². The maximum atomic E-state index is 9.55. The Morgan fingerprint density at radius 3 is 2.22 bits per heavy atom. The maximum Gasteiger partial charge on any atom is 0.328 e. The number of para-hydroxylation sites is 1. The first-order chi connectivity index (χ1) is 8.49. The van der Waals surface area contributed by atoms with Crippen molar-refractivity contribution in [1.82, 2.24) is 4.98 Å². The van der Waals surface area contributed by atoms with Gasteiger partial charge in [0.25, 0.3) is 0 Å². The van der Waals surface area contributed by atoms with Crippen molar-refractivity contribution in [3.05, 3.63) is 40.9 Å². The number of benzene rings is 1. The van der Waals surface area contributed by atoms with Crippen molar-refractivity contribution in [2.75, 3.05) is 0 Å². The molecule has 0 saturated heterocycles. The number of fused-ring (bicyclic) bond motifs is 1. The lowest BCUT2D eigenvalue weighted by Gasteiger charge is -1.80. The van der Waals surface area contributed by atoms with E-state index in [-0.39, 0.29) is 0 Å². The number of thiazole rings is 1. The van der Waals surface area contributed by atoms with Crippen LogP contribution in [0.2, 0.25) is 4.47 Å². The van der Waals surface area contributed by atoms with Gasteiger partial charge in [-0.05, 0) is 12.1 Å². The lowest BCUT2D eigenvalue weighted by atomic mass is 10.3. The first-order valence-electron chi connectivity index (χ1n) is 4.64. The van der Waals surface area contributed by atoms with Crippen LogP contribution in [-0.4, -0.2) is 27.1 Å². The van der Waals surface area contributed by atoms with Gasteiger partial charge in [-0.25, -0.2) is 14.6 Å². The molecule has 0 aliphatic rings. The summed E-state index contributed by atoms with van der Waals surface area (Å²) in [5.41, 5.74) is 0.984. The van der Waals surface area contributed by atoms with Crippen LogP contribution in [0.3, 0.4) is 0 Å². The van der Waals surface area contributed by atoms with Crippen molar-refractivity contribution in [3.8, 4) is 0 Å². The highest BCUT2D eigenvalue weighted by Gasteiger charge is 1.97. The number of hydrogen-bond acceptors (Lipinski definition) is 4. The predicted molar refractivity (Wildman–Crippen MR) is 69.0 cm³/mol. The van der Waals surface area contributed by atoms with Gasteiger partial charge < -0.3 is 10.2 Å². The second-order valence-electron chi connectivity index (χ2n) is 2.94. The third kappa shape index (κ3) is 4.94. The standard InChI is InChI=1S/C7H4ClNS.C4H4O4/c8-7-9-5-3-1-2-4-6(5)10-7;5-3(6)1-2-4(7)8/h1-4H;1-2H,(H,5,6)(H,7,8)/b;2-1+. The average Bonchev–Trinajstić information content (AvgIpc) is 2.67. The SMILES string of the molecule is Clc1nc2ccccc2s1.O=C(O)/C=C/C(=O)O. The smallest absolute Gasteiger partial charge is 0.328 e. The largest absolute Gasteiger partial charge is 0.478 e.